The van der Waals surface area contributed by atoms with Crippen LogP contribution in [0.15, 0.2) is 24.3 Å². The van der Waals surface area contributed by atoms with Crippen molar-refractivity contribution in [3.05, 3.63) is 29.8 Å². The molecule has 1 N–H and O–H groups in total. The molecule has 0 bridgehead atoms. The number of aldehydes is 1. The minimum Gasteiger partial charge on any atom is -0.492 e. The molecule has 1 amide bonds. The van der Waals surface area contributed by atoms with Gasteiger partial charge in [0.05, 0.1) is 6.54 Å². The number of ether oxygens (including phenoxy) is 1. The van der Waals surface area contributed by atoms with Gasteiger partial charge in [0.15, 0.2) is 0 Å². The molecule has 0 fully saturated rings. The predicted molar refractivity (Wildman–Crippen MR) is 56.0 cm³/mol. The van der Waals surface area contributed by atoms with Crippen LogP contribution in [0.25, 0.3) is 0 Å². The second-order valence-corrected chi connectivity index (χ2v) is 3.02. The Hall–Kier alpha value is -1.84. The number of rotatable bonds is 5. The van der Waals surface area contributed by atoms with E-state index >= 15 is 0 Å². The van der Waals surface area contributed by atoms with Crippen molar-refractivity contribution in [1.29, 1.82) is 0 Å². The average Bonchev–Trinajstić information content (AvgIpc) is 2.25. The molecule has 0 aliphatic rings. The van der Waals surface area contributed by atoms with Crippen molar-refractivity contribution in [1.82, 2.24) is 5.32 Å². The number of amides is 1. The first kappa shape index (κ1) is 11.2. The van der Waals surface area contributed by atoms with Gasteiger partial charge in [0, 0.05) is 12.5 Å². The third kappa shape index (κ3) is 4.26. The predicted octanol–water partition coefficient (Wildman–Crippen LogP) is 1.01. The molecule has 4 heteroatoms. The normalized spacial score (nSPS) is 9.40. The zero-order valence-corrected chi connectivity index (χ0v) is 8.53. The lowest BCUT2D eigenvalue weighted by molar-refractivity contribution is -0.119. The maximum absolute atomic E-state index is 10.5. The summed E-state index contributed by atoms with van der Waals surface area (Å²) in [6.07, 6.45) is 0.779. The Bertz CT molecular complexity index is 332. The number of carbonyl (C=O) groups excluding carboxylic acids is 2. The van der Waals surface area contributed by atoms with Gasteiger partial charge in [-0.2, -0.15) is 0 Å². The van der Waals surface area contributed by atoms with Gasteiger partial charge < -0.3 is 10.1 Å². The molecule has 80 valence electrons. The summed E-state index contributed by atoms with van der Waals surface area (Å²) >= 11 is 0. The Labute approximate surface area is 88.2 Å². The molecule has 0 aliphatic carbocycles. The molecule has 1 rings (SSSR count). The lowest BCUT2D eigenvalue weighted by atomic mass is 10.2. The largest absolute Gasteiger partial charge is 0.492 e. The van der Waals surface area contributed by atoms with Crippen LogP contribution in [0.2, 0.25) is 0 Å². The van der Waals surface area contributed by atoms with Crippen LogP contribution in [0.3, 0.4) is 0 Å². The van der Waals surface area contributed by atoms with Crippen molar-refractivity contribution in [2.24, 2.45) is 0 Å². The van der Waals surface area contributed by atoms with E-state index in [4.69, 9.17) is 4.74 Å². The summed E-state index contributed by atoms with van der Waals surface area (Å²) in [4.78, 5) is 20.9. The zero-order valence-electron chi connectivity index (χ0n) is 8.53. The molecule has 4 nitrogen and oxygen atoms in total. The zero-order chi connectivity index (χ0) is 11.1. The second kappa shape index (κ2) is 5.80. The first-order chi connectivity index (χ1) is 7.22. The van der Waals surface area contributed by atoms with Gasteiger partial charge in [-0.1, -0.05) is 0 Å². The van der Waals surface area contributed by atoms with E-state index in [9.17, 15) is 9.59 Å². The van der Waals surface area contributed by atoms with Crippen LogP contribution in [0.5, 0.6) is 5.75 Å². The van der Waals surface area contributed by atoms with Crippen molar-refractivity contribution in [3.63, 3.8) is 0 Å². The Morgan fingerprint density at radius 3 is 2.60 bits per heavy atom. The van der Waals surface area contributed by atoms with Gasteiger partial charge in [-0.15, -0.1) is 0 Å². The fourth-order valence-electron chi connectivity index (χ4n) is 1.04. The van der Waals surface area contributed by atoms with E-state index in [0.717, 1.165) is 6.29 Å². The third-order valence-electron chi connectivity index (χ3n) is 1.76. The lowest BCUT2D eigenvalue weighted by Gasteiger charge is -2.06. The van der Waals surface area contributed by atoms with E-state index in [2.05, 4.69) is 5.32 Å². The second-order valence-electron chi connectivity index (χ2n) is 3.02. The molecular formula is C11H13NO3. The first-order valence-electron chi connectivity index (χ1n) is 4.65. The number of nitrogens with one attached hydrogen (secondary N) is 1. The Morgan fingerprint density at radius 2 is 2.07 bits per heavy atom. The monoisotopic (exact) mass is 207 g/mol. The molecule has 0 saturated carbocycles. The Balaban J connectivity index is 2.31. The number of hydrogen-bond acceptors (Lipinski definition) is 3. The van der Waals surface area contributed by atoms with Crippen LogP contribution in [0.1, 0.15) is 17.3 Å². The van der Waals surface area contributed by atoms with Gasteiger partial charge in [-0.05, 0) is 24.3 Å². The van der Waals surface area contributed by atoms with Crippen molar-refractivity contribution < 1.29 is 14.3 Å². The topological polar surface area (TPSA) is 55.4 Å². The van der Waals surface area contributed by atoms with E-state index < -0.39 is 0 Å². The molecule has 0 unspecified atom stereocenters. The Morgan fingerprint density at radius 1 is 1.40 bits per heavy atom. The fourth-order valence-corrected chi connectivity index (χ4v) is 1.04. The molecule has 0 aliphatic heterocycles. The summed E-state index contributed by atoms with van der Waals surface area (Å²) in [5.74, 6) is 0.612. The lowest BCUT2D eigenvalue weighted by Crippen LogP contribution is -2.25. The van der Waals surface area contributed by atoms with Gasteiger partial charge in [-0.25, -0.2) is 0 Å². The molecule has 0 aromatic heterocycles. The van der Waals surface area contributed by atoms with E-state index in [1.165, 1.54) is 6.92 Å². The number of hydrogen-bond donors (Lipinski definition) is 1. The van der Waals surface area contributed by atoms with Crippen LogP contribution in [-0.2, 0) is 4.79 Å². The molecule has 0 heterocycles. The van der Waals surface area contributed by atoms with Gasteiger partial charge in [0.1, 0.15) is 18.6 Å². The van der Waals surface area contributed by atoms with E-state index in [1.807, 2.05) is 0 Å². The maximum Gasteiger partial charge on any atom is 0.216 e. The standard InChI is InChI=1S/C11H13NO3/c1-9(14)12-6-7-15-11-4-2-10(8-13)3-5-11/h2-5,8H,6-7H2,1H3,(H,12,14). The molecular weight excluding hydrogens is 194 g/mol. The fraction of sp³-hybridized carbons (Fsp3) is 0.273. The van der Waals surface area contributed by atoms with Gasteiger partial charge in [0.25, 0.3) is 0 Å². The summed E-state index contributed by atoms with van der Waals surface area (Å²) in [7, 11) is 0. The summed E-state index contributed by atoms with van der Waals surface area (Å²) in [6.45, 7) is 2.35. The van der Waals surface area contributed by atoms with Crippen LogP contribution in [0.4, 0.5) is 0 Å². The third-order valence-corrected chi connectivity index (χ3v) is 1.76. The highest BCUT2D eigenvalue weighted by molar-refractivity contribution is 5.74. The number of carbonyl (C=O) groups is 2. The van der Waals surface area contributed by atoms with Crippen molar-refractivity contribution in [3.8, 4) is 5.75 Å². The molecule has 1 aromatic carbocycles. The van der Waals surface area contributed by atoms with Crippen molar-refractivity contribution >= 4 is 12.2 Å². The highest BCUT2D eigenvalue weighted by atomic mass is 16.5. The molecule has 0 radical (unpaired) electrons. The van der Waals surface area contributed by atoms with Crippen LogP contribution in [0, 0.1) is 0 Å². The Kier molecular flexibility index (Phi) is 4.34. The summed E-state index contributed by atoms with van der Waals surface area (Å²) in [5, 5.41) is 2.62. The van der Waals surface area contributed by atoms with E-state index in [1.54, 1.807) is 24.3 Å². The van der Waals surface area contributed by atoms with Gasteiger partial charge in [-0.3, -0.25) is 9.59 Å². The van der Waals surface area contributed by atoms with Gasteiger partial charge in [0.2, 0.25) is 5.91 Å². The van der Waals surface area contributed by atoms with Gasteiger partial charge >= 0.3 is 0 Å². The van der Waals surface area contributed by atoms with Crippen LogP contribution in [-0.4, -0.2) is 25.3 Å². The van der Waals surface area contributed by atoms with E-state index in [-0.39, 0.29) is 5.91 Å². The molecule has 0 atom stereocenters. The molecule has 1 aromatic rings. The molecule has 0 saturated heterocycles. The number of benzene rings is 1. The van der Waals surface area contributed by atoms with Crippen molar-refractivity contribution in [2.45, 2.75) is 6.92 Å². The summed E-state index contributed by atoms with van der Waals surface area (Å²) in [6, 6.07) is 6.80. The summed E-state index contributed by atoms with van der Waals surface area (Å²) in [5.41, 5.74) is 0.615. The average molecular weight is 207 g/mol. The van der Waals surface area contributed by atoms with Crippen molar-refractivity contribution in [2.75, 3.05) is 13.2 Å². The summed E-state index contributed by atoms with van der Waals surface area (Å²) < 4.78 is 5.33. The maximum atomic E-state index is 10.5. The minimum atomic E-state index is -0.0742. The quantitative estimate of drug-likeness (QED) is 0.579. The first-order valence-corrected chi connectivity index (χ1v) is 4.65. The highest BCUT2D eigenvalue weighted by Crippen LogP contribution is 2.10. The van der Waals surface area contributed by atoms with Crippen LogP contribution >= 0.6 is 0 Å². The molecule has 15 heavy (non-hydrogen) atoms. The highest BCUT2D eigenvalue weighted by Gasteiger charge is 1.95. The molecule has 0 spiro atoms. The van der Waals surface area contributed by atoms with Crippen LogP contribution < -0.4 is 10.1 Å². The minimum absolute atomic E-state index is 0.0742. The smallest absolute Gasteiger partial charge is 0.216 e. The van der Waals surface area contributed by atoms with E-state index in [0.29, 0.717) is 24.5 Å². The SMILES string of the molecule is CC(=O)NCCOc1ccc(C=O)cc1.